The Balaban J connectivity index is 1.99. The Bertz CT molecular complexity index is 240. The Labute approximate surface area is 111 Å². The number of carbonyl (C=O) groups excluding carboxylic acids is 1. The molecule has 1 fully saturated rings. The minimum atomic E-state index is 0.200. The van der Waals surface area contributed by atoms with Gasteiger partial charge < -0.3 is 15.8 Å². The summed E-state index contributed by atoms with van der Waals surface area (Å²) in [6.45, 7) is 2.39. The van der Waals surface area contributed by atoms with Crippen molar-refractivity contribution in [3.8, 4) is 0 Å². The molecule has 0 aromatic heterocycles. The van der Waals surface area contributed by atoms with E-state index in [1.807, 2.05) is 0 Å². The van der Waals surface area contributed by atoms with Crippen molar-refractivity contribution in [2.24, 2.45) is 11.1 Å². The highest BCUT2D eigenvalue weighted by Gasteiger charge is 2.41. The van der Waals surface area contributed by atoms with Crippen LogP contribution in [0.2, 0.25) is 0 Å². The van der Waals surface area contributed by atoms with Crippen molar-refractivity contribution in [3.63, 3.8) is 0 Å². The number of unbranched alkanes of at least 4 members (excludes halogenated alkanes) is 3. The first-order chi connectivity index (χ1) is 8.72. The highest BCUT2D eigenvalue weighted by molar-refractivity contribution is 5.75. The number of methoxy groups -OCH3 is 1. The van der Waals surface area contributed by atoms with Gasteiger partial charge in [0.25, 0.3) is 0 Å². The number of rotatable bonds is 11. The number of ether oxygens (including phenoxy) is 1. The van der Waals surface area contributed by atoms with Crippen molar-refractivity contribution >= 4 is 5.91 Å². The van der Waals surface area contributed by atoms with E-state index in [4.69, 9.17) is 10.5 Å². The van der Waals surface area contributed by atoms with E-state index in [2.05, 4.69) is 5.32 Å². The number of hydrogen-bond donors (Lipinski definition) is 2. The van der Waals surface area contributed by atoms with E-state index >= 15 is 0 Å². The minimum absolute atomic E-state index is 0.200. The van der Waals surface area contributed by atoms with Crippen molar-refractivity contribution in [2.45, 2.75) is 51.4 Å². The van der Waals surface area contributed by atoms with Crippen molar-refractivity contribution in [2.75, 3.05) is 26.8 Å². The van der Waals surface area contributed by atoms with E-state index in [-0.39, 0.29) is 5.91 Å². The molecule has 1 rings (SSSR count). The molecule has 0 bridgehead atoms. The molecule has 0 unspecified atom stereocenters. The first-order valence-corrected chi connectivity index (χ1v) is 7.18. The summed E-state index contributed by atoms with van der Waals surface area (Å²) >= 11 is 0. The zero-order valence-corrected chi connectivity index (χ0v) is 11.7. The summed E-state index contributed by atoms with van der Waals surface area (Å²) in [6.07, 6.45) is 8.49. The van der Waals surface area contributed by atoms with Crippen LogP contribution in [-0.4, -0.2) is 32.7 Å². The Morgan fingerprint density at radius 2 is 2.00 bits per heavy atom. The van der Waals surface area contributed by atoms with Gasteiger partial charge in [-0.05, 0) is 44.1 Å². The molecule has 0 aromatic carbocycles. The van der Waals surface area contributed by atoms with Crippen LogP contribution in [0.15, 0.2) is 0 Å². The molecule has 0 spiro atoms. The second-order valence-electron chi connectivity index (χ2n) is 5.47. The zero-order valence-electron chi connectivity index (χ0n) is 11.7. The van der Waals surface area contributed by atoms with Crippen LogP contribution >= 0.6 is 0 Å². The average Bonchev–Trinajstić information content (AvgIpc) is 3.14. The topological polar surface area (TPSA) is 64.3 Å². The van der Waals surface area contributed by atoms with Gasteiger partial charge in [-0.3, -0.25) is 4.79 Å². The third kappa shape index (κ3) is 6.36. The summed E-state index contributed by atoms with van der Waals surface area (Å²) in [4.78, 5) is 11.7. The van der Waals surface area contributed by atoms with Crippen LogP contribution < -0.4 is 11.1 Å². The van der Waals surface area contributed by atoms with Crippen molar-refractivity contribution < 1.29 is 9.53 Å². The van der Waals surface area contributed by atoms with E-state index in [1.54, 1.807) is 7.11 Å². The Morgan fingerprint density at radius 3 is 2.61 bits per heavy atom. The van der Waals surface area contributed by atoms with E-state index in [0.717, 1.165) is 51.8 Å². The molecule has 0 aromatic rings. The molecule has 106 valence electrons. The van der Waals surface area contributed by atoms with E-state index in [1.165, 1.54) is 12.8 Å². The third-order valence-corrected chi connectivity index (χ3v) is 3.81. The van der Waals surface area contributed by atoms with Crippen LogP contribution in [0.25, 0.3) is 0 Å². The fourth-order valence-corrected chi connectivity index (χ4v) is 2.17. The molecule has 3 N–H and O–H groups in total. The quantitative estimate of drug-likeness (QED) is 0.554. The number of hydrogen-bond acceptors (Lipinski definition) is 3. The van der Waals surface area contributed by atoms with Crippen LogP contribution in [0.4, 0.5) is 0 Å². The largest absolute Gasteiger partial charge is 0.385 e. The second kappa shape index (κ2) is 8.48. The van der Waals surface area contributed by atoms with Crippen LogP contribution in [0.1, 0.15) is 51.4 Å². The molecule has 0 heterocycles. The standard InChI is InChI=1S/C14H28N2O2/c1-18-11-9-14(7-8-14)12-16-13(17)6-4-2-3-5-10-15/h2-12,15H2,1H3,(H,16,17). The van der Waals surface area contributed by atoms with Crippen LogP contribution in [0.3, 0.4) is 0 Å². The summed E-state index contributed by atoms with van der Waals surface area (Å²) in [7, 11) is 1.73. The van der Waals surface area contributed by atoms with Crippen LogP contribution in [-0.2, 0) is 9.53 Å². The van der Waals surface area contributed by atoms with Gasteiger partial charge in [-0.2, -0.15) is 0 Å². The van der Waals surface area contributed by atoms with Crippen LogP contribution in [0, 0.1) is 5.41 Å². The summed E-state index contributed by atoms with van der Waals surface area (Å²) in [5.41, 5.74) is 5.78. The summed E-state index contributed by atoms with van der Waals surface area (Å²) < 4.78 is 5.10. The Morgan fingerprint density at radius 1 is 1.28 bits per heavy atom. The smallest absolute Gasteiger partial charge is 0.220 e. The minimum Gasteiger partial charge on any atom is -0.385 e. The zero-order chi connectivity index (χ0) is 13.3. The molecule has 4 nitrogen and oxygen atoms in total. The van der Waals surface area contributed by atoms with Crippen molar-refractivity contribution in [3.05, 3.63) is 0 Å². The molecular weight excluding hydrogens is 228 g/mol. The molecule has 1 aliphatic rings. The predicted molar refractivity (Wildman–Crippen MR) is 73.3 cm³/mol. The summed E-state index contributed by atoms with van der Waals surface area (Å²) in [6, 6.07) is 0. The highest BCUT2D eigenvalue weighted by atomic mass is 16.5. The van der Waals surface area contributed by atoms with E-state index < -0.39 is 0 Å². The molecular formula is C14H28N2O2. The lowest BCUT2D eigenvalue weighted by atomic mass is 10.0. The van der Waals surface area contributed by atoms with Gasteiger partial charge in [-0.15, -0.1) is 0 Å². The number of nitrogens with one attached hydrogen (secondary N) is 1. The van der Waals surface area contributed by atoms with Crippen molar-refractivity contribution in [1.82, 2.24) is 5.32 Å². The maximum absolute atomic E-state index is 11.7. The molecule has 0 radical (unpaired) electrons. The van der Waals surface area contributed by atoms with Crippen LogP contribution in [0.5, 0.6) is 0 Å². The summed E-state index contributed by atoms with van der Waals surface area (Å²) in [5.74, 6) is 0.200. The molecule has 0 aliphatic heterocycles. The SMILES string of the molecule is COCCC1(CNC(=O)CCCCCCN)CC1. The first kappa shape index (κ1) is 15.4. The van der Waals surface area contributed by atoms with Gasteiger partial charge in [-0.25, -0.2) is 0 Å². The van der Waals surface area contributed by atoms with Gasteiger partial charge in [0.15, 0.2) is 0 Å². The molecule has 1 saturated carbocycles. The fraction of sp³-hybridized carbons (Fsp3) is 0.929. The van der Waals surface area contributed by atoms with Gasteiger partial charge >= 0.3 is 0 Å². The monoisotopic (exact) mass is 256 g/mol. The molecule has 4 heteroatoms. The van der Waals surface area contributed by atoms with E-state index in [9.17, 15) is 4.79 Å². The number of carbonyl (C=O) groups is 1. The molecule has 0 atom stereocenters. The normalized spacial score (nSPS) is 16.6. The van der Waals surface area contributed by atoms with Gasteiger partial charge in [0.2, 0.25) is 5.91 Å². The van der Waals surface area contributed by atoms with E-state index in [0.29, 0.717) is 11.8 Å². The lowest BCUT2D eigenvalue weighted by molar-refractivity contribution is -0.121. The average molecular weight is 256 g/mol. The lowest BCUT2D eigenvalue weighted by Gasteiger charge is -2.15. The lowest BCUT2D eigenvalue weighted by Crippen LogP contribution is -2.30. The predicted octanol–water partition coefficient (Wildman–Crippen LogP) is 1.83. The Hall–Kier alpha value is -0.610. The van der Waals surface area contributed by atoms with Gasteiger partial charge in [0.05, 0.1) is 0 Å². The maximum atomic E-state index is 11.7. The van der Waals surface area contributed by atoms with Crippen molar-refractivity contribution in [1.29, 1.82) is 0 Å². The molecule has 1 aliphatic carbocycles. The maximum Gasteiger partial charge on any atom is 0.220 e. The fourth-order valence-electron chi connectivity index (χ4n) is 2.17. The first-order valence-electron chi connectivity index (χ1n) is 7.18. The second-order valence-corrected chi connectivity index (χ2v) is 5.47. The third-order valence-electron chi connectivity index (χ3n) is 3.81. The highest BCUT2D eigenvalue weighted by Crippen LogP contribution is 2.48. The van der Waals surface area contributed by atoms with Gasteiger partial charge in [0.1, 0.15) is 0 Å². The molecule has 18 heavy (non-hydrogen) atoms. The van der Waals surface area contributed by atoms with Gasteiger partial charge in [0, 0.05) is 26.7 Å². The number of amides is 1. The summed E-state index contributed by atoms with van der Waals surface area (Å²) in [5, 5.41) is 3.07. The Kier molecular flexibility index (Phi) is 7.28. The number of nitrogens with two attached hydrogens (primary N) is 1. The van der Waals surface area contributed by atoms with Gasteiger partial charge in [-0.1, -0.05) is 12.8 Å². The molecule has 0 saturated heterocycles. The molecule has 1 amide bonds.